The molecule has 1 aromatic carbocycles. The Labute approximate surface area is 307 Å². The minimum Gasteiger partial charge on any atom is -0.759 e. The van der Waals surface area contributed by atoms with Crippen LogP contribution in [0.4, 0.5) is 0 Å². The number of hydrogen-bond acceptors (Lipinski definition) is 5. The van der Waals surface area contributed by atoms with Crippen LogP contribution in [-0.4, -0.2) is 84.0 Å². The van der Waals surface area contributed by atoms with Crippen molar-refractivity contribution in [2.45, 2.75) is 158 Å². The van der Waals surface area contributed by atoms with Gasteiger partial charge < -0.3 is 23.2 Å². The Hall–Kier alpha value is -0.460. The lowest BCUT2D eigenvalue weighted by Crippen LogP contribution is -2.50. The first kappa shape index (κ1) is 50.9. The summed E-state index contributed by atoms with van der Waals surface area (Å²) in [6, 6.07) is 7.22. The number of aromatic hydroxyl groups is 1. The summed E-state index contributed by atoms with van der Waals surface area (Å²) in [5, 5.41) is 8.91. The van der Waals surface area contributed by atoms with Gasteiger partial charge in [0, 0.05) is 10.4 Å². The predicted molar refractivity (Wildman–Crippen MR) is 210 cm³/mol. The van der Waals surface area contributed by atoms with Crippen molar-refractivity contribution < 1.29 is 31.6 Å². The lowest BCUT2D eigenvalue weighted by atomic mass is 10.1. The lowest BCUT2D eigenvalue weighted by Gasteiger charge is -2.39. The van der Waals surface area contributed by atoms with Gasteiger partial charge in [0.05, 0.1) is 55.9 Å². The zero-order valence-corrected chi connectivity index (χ0v) is 35.0. The summed E-state index contributed by atoms with van der Waals surface area (Å²) in [6.07, 6.45) is 22.1. The smallest absolute Gasteiger partial charge is 0.128 e. The van der Waals surface area contributed by atoms with Crippen LogP contribution < -0.4 is 0 Å². The van der Waals surface area contributed by atoms with Gasteiger partial charge in [0.25, 0.3) is 0 Å². The summed E-state index contributed by atoms with van der Waals surface area (Å²) in [6.45, 7) is 30.0. The molecule has 0 aromatic heterocycles. The highest BCUT2D eigenvalue weighted by atomic mass is 127. The second kappa shape index (κ2) is 34.0. The third-order valence-corrected chi connectivity index (χ3v) is 9.65. The molecule has 0 spiro atoms. The topological polar surface area (TPSA) is 100 Å². The molecule has 0 amide bonds. The molecular weight excluding hydrogens is 723 g/mol. The van der Waals surface area contributed by atoms with Crippen LogP contribution in [0.5, 0.6) is 5.75 Å². The number of halogens is 1. The molecule has 1 N–H and O–H groups in total. The molecule has 0 radical (unpaired) electrons. The number of hydrogen-bond donors (Lipinski definition) is 1. The molecule has 0 heterocycles. The average molecular weight is 801 g/mol. The Morgan fingerprint density at radius 1 is 0.511 bits per heavy atom. The molecule has 1 rings (SSSR count). The Morgan fingerprint density at radius 3 is 0.830 bits per heavy atom. The average Bonchev–Trinajstić information content (AvgIpc) is 3.04. The van der Waals surface area contributed by atoms with Crippen molar-refractivity contribution in [2.24, 2.45) is 0 Å². The van der Waals surface area contributed by atoms with Crippen LogP contribution in [0, 0.1) is 3.57 Å². The van der Waals surface area contributed by atoms with Crippen LogP contribution in [0.3, 0.4) is 0 Å². The molecule has 0 fully saturated rings. The molecular formula is C38H77IN2O5S. The van der Waals surface area contributed by atoms with Crippen molar-refractivity contribution in [2.75, 3.05) is 52.4 Å². The molecule has 0 saturated carbocycles. The predicted octanol–water partition coefficient (Wildman–Crippen LogP) is 10.7. The fraction of sp³-hybridized carbons (Fsp3) is 0.842. The van der Waals surface area contributed by atoms with Crippen molar-refractivity contribution >= 4 is 33.0 Å². The standard InChI is InChI=1S/2C16H36N.C6H5IO.H2O4S/c2*1-5-9-13-17(14-10-6-2,15-11-7-3)16-12-8-4;7-5-3-1-2-4-6(5)8;1-5(2,3)4/h2*5-16H2,1-4H3;1-4,8H;(H2,1,2,3,4)/q2*+1;;/p-2. The quantitative estimate of drug-likeness (QED) is 0.0486. The van der Waals surface area contributed by atoms with Crippen LogP contribution in [-0.2, 0) is 10.4 Å². The minimum atomic E-state index is -5.17. The highest BCUT2D eigenvalue weighted by Crippen LogP contribution is 2.18. The minimum absolute atomic E-state index is 0.355. The number of para-hydroxylation sites is 1. The van der Waals surface area contributed by atoms with Crippen LogP contribution in [0.2, 0.25) is 0 Å². The number of phenols is 1. The second-order valence-corrected chi connectivity index (χ2v) is 15.1. The van der Waals surface area contributed by atoms with E-state index in [0.717, 1.165) is 3.57 Å². The first-order valence-electron chi connectivity index (χ1n) is 19.1. The molecule has 0 saturated heterocycles. The maximum absolute atomic E-state index is 8.91. The van der Waals surface area contributed by atoms with Gasteiger partial charge in [0.2, 0.25) is 0 Å². The molecule has 0 atom stereocenters. The van der Waals surface area contributed by atoms with Gasteiger partial charge in [-0.3, -0.25) is 8.42 Å². The Balaban J connectivity index is -0.000000601. The van der Waals surface area contributed by atoms with Crippen LogP contribution in [0.15, 0.2) is 24.3 Å². The molecule has 282 valence electrons. The van der Waals surface area contributed by atoms with Gasteiger partial charge in [-0.25, -0.2) is 0 Å². The van der Waals surface area contributed by atoms with Crippen molar-refractivity contribution in [3.63, 3.8) is 0 Å². The SMILES string of the molecule is CCCC[N+](CCCC)(CCCC)CCCC.CCCC[N+](CCCC)(CCCC)CCCC.O=S(=O)([O-])[O-].Oc1ccccc1I. The van der Waals surface area contributed by atoms with E-state index in [1.165, 1.54) is 164 Å². The third-order valence-electron chi connectivity index (χ3n) is 8.74. The number of unbranched alkanes of at least 4 members (excludes halogenated alkanes) is 8. The molecule has 7 nitrogen and oxygen atoms in total. The molecule has 0 unspecified atom stereocenters. The van der Waals surface area contributed by atoms with Crippen molar-refractivity contribution in [3.05, 3.63) is 27.8 Å². The zero-order valence-electron chi connectivity index (χ0n) is 32.0. The summed E-state index contributed by atoms with van der Waals surface area (Å²) in [7, 11) is -5.17. The first-order valence-corrected chi connectivity index (χ1v) is 21.5. The molecule has 0 aliphatic carbocycles. The van der Waals surface area contributed by atoms with E-state index in [-0.39, 0.29) is 0 Å². The maximum Gasteiger partial charge on any atom is 0.128 e. The first-order chi connectivity index (χ1) is 22.3. The highest BCUT2D eigenvalue weighted by molar-refractivity contribution is 14.1. The molecule has 0 aliphatic heterocycles. The van der Waals surface area contributed by atoms with Crippen molar-refractivity contribution in [3.8, 4) is 5.75 Å². The van der Waals surface area contributed by atoms with Crippen LogP contribution >= 0.6 is 22.6 Å². The number of quaternary nitrogens is 2. The van der Waals surface area contributed by atoms with E-state index in [4.69, 9.17) is 22.6 Å². The van der Waals surface area contributed by atoms with E-state index in [9.17, 15) is 0 Å². The van der Waals surface area contributed by atoms with E-state index >= 15 is 0 Å². The number of nitrogens with zero attached hydrogens (tertiary/aromatic N) is 2. The Kier molecular flexibility index (Phi) is 36.8. The van der Waals surface area contributed by atoms with E-state index in [1.807, 2.05) is 12.1 Å². The summed E-state index contributed by atoms with van der Waals surface area (Å²) in [4.78, 5) is 0. The molecule has 1 aromatic rings. The summed E-state index contributed by atoms with van der Waals surface area (Å²) < 4.78 is 37.8. The highest BCUT2D eigenvalue weighted by Gasteiger charge is 2.25. The summed E-state index contributed by atoms with van der Waals surface area (Å²) in [5.41, 5.74) is 0. The number of phenolic OH excluding ortho intramolecular Hbond substituents is 1. The zero-order chi connectivity index (χ0) is 36.5. The second-order valence-electron chi connectivity index (χ2n) is 13.2. The van der Waals surface area contributed by atoms with Gasteiger partial charge in [-0.15, -0.1) is 0 Å². The fourth-order valence-electron chi connectivity index (χ4n) is 5.74. The van der Waals surface area contributed by atoms with Gasteiger partial charge in [0.1, 0.15) is 5.75 Å². The Bertz CT molecular complexity index is 762. The van der Waals surface area contributed by atoms with Gasteiger partial charge in [0.15, 0.2) is 0 Å². The number of rotatable bonds is 24. The van der Waals surface area contributed by atoms with E-state index in [1.54, 1.807) is 12.1 Å². The van der Waals surface area contributed by atoms with Gasteiger partial charge in [-0.05, 0) is 86.1 Å². The van der Waals surface area contributed by atoms with Gasteiger partial charge in [-0.1, -0.05) is 119 Å². The number of benzene rings is 1. The molecule has 9 heteroatoms. The van der Waals surface area contributed by atoms with Crippen molar-refractivity contribution in [1.82, 2.24) is 0 Å². The van der Waals surface area contributed by atoms with E-state index in [2.05, 4.69) is 78.0 Å². The summed E-state index contributed by atoms with van der Waals surface area (Å²) in [5.74, 6) is 0.355. The van der Waals surface area contributed by atoms with E-state index < -0.39 is 10.4 Å². The normalized spacial score (nSPS) is 11.5. The van der Waals surface area contributed by atoms with Gasteiger partial charge in [-0.2, -0.15) is 0 Å². The molecule has 0 aliphatic rings. The molecule has 47 heavy (non-hydrogen) atoms. The monoisotopic (exact) mass is 800 g/mol. The Morgan fingerprint density at radius 2 is 0.702 bits per heavy atom. The molecule has 0 bridgehead atoms. The maximum atomic E-state index is 8.91. The van der Waals surface area contributed by atoms with Crippen molar-refractivity contribution in [1.29, 1.82) is 0 Å². The van der Waals surface area contributed by atoms with E-state index in [0.29, 0.717) is 5.75 Å². The fourth-order valence-corrected chi connectivity index (χ4v) is 6.13. The largest absolute Gasteiger partial charge is 0.759 e. The van der Waals surface area contributed by atoms with Crippen LogP contribution in [0.25, 0.3) is 0 Å². The summed E-state index contributed by atoms with van der Waals surface area (Å²) >= 11 is 2.07. The van der Waals surface area contributed by atoms with Crippen LogP contribution in [0.1, 0.15) is 158 Å². The lowest BCUT2D eigenvalue weighted by molar-refractivity contribution is -0.929. The van der Waals surface area contributed by atoms with Gasteiger partial charge >= 0.3 is 0 Å². The third kappa shape index (κ3) is 33.8.